The molecular weight excluding hydrogens is 1090 g/mol. The van der Waals surface area contributed by atoms with Gasteiger partial charge in [-0.05, 0) is 154 Å². The normalized spacial score (nSPS) is 11.1. The molecule has 0 bridgehead atoms. The minimum absolute atomic E-state index is 0. The van der Waals surface area contributed by atoms with E-state index in [-0.39, 0.29) is 46.7 Å². The number of carbonyl (C=O) groups excluding carboxylic acids is 4. The van der Waals surface area contributed by atoms with Crippen molar-refractivity contribution in [2.45, 2.75) is 387 Å². The number of carboxylic acid groups (broad SMARTS) is 4. The molecule has 0 heterocycles. The summed E-state index contributed by atoms with van der Waals surface area (Å²) in [5, 5.41) is 40.9. The average molecular weight is 1220 g/mol. The number of aliphatic carboxylic acids is 4. The minimum Gasteiger partial charge on any atom is -0.550 e. The fraction of sp³-hybridized carbons (Fsp3) is 0.833. The molecule has 0 saturated heterocycles. The first-order chi connectivity index (χ1) is 39.1. The maximum Gasteiger partial charge on any atom is 4.00 e. The Morgan fingerprint density at radius 2 is 0.309 bits per heavy atom. The van der Waals surface area contributed by atoms with Crippen LogP contribution < -0.4 is 20.4 Å². The van der Waals surface area contributed by atoms with Gasteiger partial charge in [-0.3, -0.25) is 0 Å². The first-order valence-corrected chi connectivity index (χ1v) is 34.5. The van der Waals surface area contributed by atoms with Crippen molar-refractivity contribution in [2.24, 2.45) is 0 Å². The Kier molecular flexibility index (Phi) is 90.5. The summed E-state index contributed by atoms with van der Waals surface area (Å²) < 4.78 is 0. The van der Waals surface area contributed by atoms with Crippen molar-refractivity contribution in [1.82, 2.24) is 0 Å². The Balaban J connectivity index is -0.000000316. The molecule has 0 aliphatic rings. The monoisotopic (exact) mass is 1220 g/mol. The fourth-order valence-electron chi connectivity index (χ4n) is 9.36. The molecule has 9 heteroatoms. The third-order valence-corrected chi connectivity index (χ3v) is 14.6. The predicted molar refractivity (Wildman–Crippen MR) is 338 cm³/mol. The van der Waals surface area contributed by atoms with E-state index in [0.717, 1.165) is 51.4 Å². The van der Waals surface area contributed by atoms with Crippen molar-refractivity contribution >= 4 is 23.9 Å². The van der Waals surface area contributed by atoms with Gasteiger partial charge in [0.15, 0.2) is 0 Å². The zero-order chi connectivity index (χ0) is 59.6. The molecule has 0 saturated carbocycles. The van der Waals surface area contributed by atoms with Crippen LogP contribution in [-0.4, -0.2) is 23.9 Å². The van der Waals surface area contributed by atoms with Crippen LogP contribution in [-0.2, 0) is 40.2 Å². The van der Waals surface area contributed by atoms with Crippen molar-refractivity contribution < 1.29 is 60.7 Å². The van der Waals surface area contributed by atoms with Crippen molar-refractivity contribution in [3.05, 3.63) is 48.6 Å². The van der Waals surface area contributed by atoms with Gasteiger partial charge >= 0.3 is 21.1 Å². The van der Waals surface area contributed by atoms with Crippen LogP contribution in [0.25, 0.3) is 0 Å². The number of hydrogen-bond acceptors (Lipinski definition) is 8. The van der Waals surface area contributed by atoms with Gasteiger partial charge in [-0.2, -0.15) is 0 Å². The number of hydrogen-bond donors (Lipinski definition) is 0. The molecule has 0 rings (SSSR count). The molecule has 81 heavy (non-hydrogen) atoms. The van der Waals surface area contributed by atoms with Crippen molar-refractivity contribution in [3.63, 3.8) is 0 Å². The summed E-state index contributed by atoms with van der Waals surface area (Å²) in [6.45, 7) is 9.00. The Hall–Kier alpha value is -2.47. The minimum atomic E-state index is -0.911. The molecular formula is C72H132MoO8. The van der Waals surface area contributed by atoms with Crippen LogP contribution in [0.2, 0.25) is 0 Å². The summed E-state index contributed by atoms with van der Waals surface area (Å²) in [7, 11) is 0. The van der Waals surface area contributed by atoms with Gasteiger partial charge in [0.1, 0.15) is 0 Å². The molecule has 0 radical (unpaired) electrons. The third-order valence-electron chi connectivity index (χ3n) is 14.6. The van der Waals surface area contributed by atoms with Gasteiger partial charge < -0.3 is 39.6 Å². The summed E-state index contributed by atoms with van der Waals surface area (Å²) >= 11 is 0. The van der Waals surface area contributed by atoms with Crippen LogP contribution in [0.15, 0.2) is 48.6 Å². The van der Waals surface area contributed by atoms with Crippen LogP contribution in [0, 0.1) is 0 Å². The van der Waals surface area contributed by atoms with Gasteiger partial charge in [-0.1, -0.05) is 282 Å². The fourth-order valence-corrected chi connectivity index (χ4v) is 9.36. The van der Waals surface area contributed by atoms with E-state index in [0.29, 0.717) is 0 Å². The molecule has 0 aliphatic heterocycles. The molecule has 0 aromatic carbocycles. The molecule has 0 aromatic heterocycles. The smallest absolute Gasteiger partial charge is 0.550 e. The summed E-state index contributed by atoms with van der Waals surface area (Å²) in [6.07, 6.45) is 83.6. The maximum absolute atomic E-state index is 10.2. The number of rotatable bonds is 60. The molecule has 0 amide bonds. The summed E-state index contributed by atoms with van der Waals surface area (Å²) in [6, 6.07) is 0. The van der Waals surface area contributed by atoms with Crippen LogP contribution in [0.3, 0.4) is 0 Å². The molecule has 474 valence electrons. The first kappa shape index (κ1) is 87.3. The van der Waals surface area contributed by atoms with E-state index in [4.69, 9.17) is 0 Å². The second-order valence-corrected chi connectivity index (χ2v) is 22.8. The van der Waals surface area contributed by atoms with Crippen molar-refractivity contribution in [1.29, 1.82) is 0 Å². The Morgan fingerprint density at radius 3 is 0.432 bits per heavy atom. The summed E-state index contributed by atoms with van der Waals surface area (Å²) in [5.74, 6) is -3.64. The second kappa shape index (κ2) is 84.0. The van der Waals surface area contributed by atoms with E-state index in [9.17, 15) is 39.6 Å². The molecule has 0 N–H and O–H groups in total. The first-order valence-electron chi connectivity index (χ1n) is 34.5. The number of carbonyl (C=O) groups is 4. The van der Waals surface area contributed by atoms with Crippen molar-refractivity contribution in [3.8, 4) is 0 Å². The number of allylic oxidation sites excluding steroid dienone is 8. The van der Waals surface area contributed by atoms with Gasteiger partial charge in [0, 0.05) is 23.9 Å². The van der Waals surface area contributed by atoms with Gasteiger partial charge in [0.2, 0.25) is 0 Å². The van der Waals surface area contributed by atoms with Gasteiger partial charge in [0.25, 0.3) is 0 Å². The van der Waals surface area contributed by atoms with Gasteiger partial charge in [-0.15, -0.1) is 0 Å². The van der Waals surface area contributed by atoms with Crippen molar-refractivity contribution in [2.75, 3.05) is 0 Å². The Morgan fingerprint density at radius 1 is 0.198 bits per heavy atom. The SMILES string of the molecule is CCCCCC/C=C\CCCCCCCCCC(=O)[O-].CCCCCC/C=C\CCCCCCCCCC(=O)[O-].CCCCCC/C=C\CCCCCCCCCC(=O)[O-].CCCCCC/C=C\CCCCCCCCCC(=O)[O-].[Mo+4]. The second-order valence-electron chi connectivity index (χ2n) is 22.8. The Labute approximate surface area is 517 Å². The van der Waals surface area contributed by atoms with Crippen LogP contribution >= 0.6 is 0 Å². The largest absolute Gasteiger partial charge is 4.00 e. The predicted octanol–water partition coefficient (Wildman–Crippen LogP) is 19.1. The van der Waals surface area contributed by atoms with E-state index in [2.05, 4.69) is 76.3 Å². The van der Waals surface area contributed by atoms with E-state index in [1.165, 1.54) is 283 Å². The van der Waals surface area contributed by atoms with E-state index < -0.39 is 23.9 Å². The molecule has 0 atom stereocenters. The van der Waals surface area contributed by atoms with Gasteiger partial charge in [0.05, 0.1) is 0 Å². The van der Waals surface area contributed by atoms with Crippen LogP contribution in [0.5, 0.6) is 0 Å². The standard InChI is InChI=1S/4C18H34O2.Mo/c4*1-2-3-4-5-6-7-8-9-10-11-12-13-14-15-16-17-18(19)20;/h4*7-8H,2-6,9-17H2,1H3,(H,19,20);/q;;;;+4/p-4/b4*8-7-;. The van der Waals surface area contributed by atoms with Crippen LogP contribution in [0.1, 0.15) is 387 Å². The quantitative estimate of drug-likeness (QED) is 0.0330. The summed E-state index contributed by atoms with van der Waals surface area (Å²) in [4.78, 5) is 40.9. The molecule has 0 unspecified atom stereocenters. The molecule has 8 nitrogen and oxygen atoms in total. The topological polar surface area (TPSA) is 161 Å². The molecule has 0 aromatic rings. The summed E-state index contributed by atoms with van der Waals surface area (Å²) in [5.41, 5.74) is 0. The van der Waals surface area contributed by atoms with E-state index in [1.54, 1.807) is 0 Å². The Bertz CT molecular complexity index is 1140. The van der Waals surface area contributed by atoms with E-state index in [1.807, 2.05) is 0 Å². The maximum atomic E-state index is 10.2. The molecule has 0 spiro atoms. The number of carboxylic acids is 4. The molecule has 0 aliphatic carbocycles. The average Bonchev–Trinajstić information content (AvgIpc) is 3.43. The zero-order valence-corrected chi connectivity index (χ0v) is 55.9. The zero-order valence-electron chi connectivity index (χ0n) is 53.9. The number of unbranched alkanes of at least 4 members (excludes halogenated alkanes) is 44. The van der Waals surface area contributed by atoms with Gasteiger partial charge in [-0.25, -0.2) is 0 Å². The van der Waals surface area contributed by atoms with E-state index >= 15 is 0 Å². The molecule has 0 fully saturated rings. The third kappa shape index (κ3) is 103. The van der Waals surface area contributed by atoms with Crippen LogP contribution in [0.4, 0.5) is 0 Å².